The van der Waals surface area contributed by atoms with Crippen molar-refractivity contribution in [3.8, 4) is 11.5 Å². The van der Waals surface area contributed by atoms with E-state index in [2.05, 4.69) is 20.8 Å². The third-order valence-corrected chi connectivity index (χ3v) is 4.14. The van der Waals surface area contributed by atoms with Crippen LogP contribution in [0.4, 0.5) is 10.5 Å². The van der Waals surface area contributed by atoms with Crippen molar-refractivity contribution in [3.63, 3.8) is 0 Å². The Balaban J connectivity index is 1.61. The third kappa shape index (κ3) is 4.23. The number of carbonyl (C=O) groups excluding carboxylic acids is 1. The number of urea groups is 1. The Morgan fingerprint density at radius 2 is 2.20 bits per heavy atom. The monoisotopic (exact) mass is 344 g/mol. The molecule has 25 heavy (non-hydrogen) atoms. The van der Waals surface area contributed by atoms with E-state index in [1.54, 1.807) is 25.3 Å². The Morgan fingerprint density at radius 3 is 2.96 bits per heavy atom. The predicted molar refractivity (Wildman–Crippen MR) is 95.3 cm³/mol. The van der Waals surface area contributed by atoms with Crippen LogP contribution < -0.4 is 20.1 Å². The molecule has 1 heterocycles. The molecular formula is C18H24N4O3. The number of hydrogen-bond acceptors (Lipinski definition) is 4. The lowest BCUT2D eigenvalue weighted by molar-refractivity contribution is 0.230. The summed E-state index contributed by atoms with van der Waals surface area (Å²) in [5.41, 5.74) is 3.00. The molecule has 2 amide bonds. The van der Waals surface area contributed by atoms with Gasteiger partial charge < -0.3 is 20.1 Å². The highest BCUT2D eigenvalue weighted by atomic mass is 16.5. The summed E-state index contributed by atoms with van der Waals surface area (Å²) in [7, 11) is 1.59. The van der Waals surface area contributed by atoms with E-state index in [0.29, 0.717) is 17.2 Å². The fourth-order valence-electron chi connectivity index (χ4n) is 2.98. The Morgan fingerprint density at radius 1 is 1.36 bits per heavy atom. The summed E-state index contributed by atoms with van der Waals surface area (Å²) in [6, 6.07) is 5.21. The van der Waals surface area contributed by atoms with E-state index < -0.39 is 0 Å². The van der Waals surface area contributed by atoms with Gasteiger partial charge in [0.15, 0.2) is 11.5 Å². The van der Waals surface area contributed by atoms with Gasteiger partial charge in [0.2, 0.25) is 0 Å². The van der Waals surface area contributed by atoms with E-state index in [-0.39, 0.29) is 18.2 Å². The number of benzene rings is 1. The molecule has 1 aromatic carbocycles. The van der Waals surface area contributed by atoms with E-state index in [4.69, 9.17) is 9.47 Å². The number of methoxy groups -OCH3 is 1. The maximum atomic E-state index is 12.3. The lowest BCUT2D eigenvalue weighted by Gasteiger charge is -2.23. The van der Waals surface area contributed by atoms with Crippen molar-refractivity contribution in [2.24, 2.45) is 0 Å². The first-order chi connectivity index (χ1) is 12.0. The lowest BCUT2D eigenvalue weighted by atomic mass is 9.94. The Bertz CT molecular complexity index is 742. The number of carbonyl (C=O) groups is 1. The zero-order valence-corrected chi connectivity index (χ0v) is 14.8. The van der Waals surface area contributed by atoms with Gasteiger partial charge in [-0.2, -0.15) is 5.10 Å². The van der Waals surface area contributed by atoms with Gasteiger partial charge in [-0.3, -0.25) is 5.10 Å². The first-order valence-corrected chi connectivity index (χ1v) is 8.48. The van der Waals surface area contributed by atoms with E-state index in [1.807, 2.05) is 20.0 Å². The SMILES string of the molecule is COc1ccc(NC(=O)NC2CCc3cn[nH]c3C2)cc1OC(C)C. The smallest absolute Gasteiger partial charge is 0.319 e. The number of aromatic nitrogens is 2. The van der Waals surface area contributed by atoms with Crippen LogP contribution in [0.1, 0.15) is 31.5 Å². The van der Waals surface area contributed by atoms with E-state index >= 15 is 0 Å². The number of aryl methyl sites for hydroxylation is 1. The summed E-state index contributed by atoms with van der Waals surface area (Å²) in [5.74, 6) is 1.24. The molecular weight excluding hydrogens is 320 g/mol. The minimum absolute atomic E-state index is 0.0174. The van der Waals surface area contributed by atoms with Gasteiger partial charge in [-0.15, -0.1) is 0 Å². The second-order valence-corrected chi connectivity index (χ2v) is 6.44. The molecule has 1 atom stereocenters. The van der Waals surface area contributed by atoms with Crippen LogP contribution in [0.15, 0.2) is 24.4 Å². The first kappa shape index (κ1) is 17.1. The number of anilines is 1. The molecule has 7 nitrogen and oxygen atoms in total. The van der Waals surface area contributed by atoms with E-state index in [9.17, 15) is 4.79 Å². The molecule has 3 N–H and O–H groups in total. The highest BCUT2D eigenvalue weighted by Gasteiger charge is 2.21. The van der Waals surface area contributed by atoms with Crippen molar-refractivity contribution >= 4 is 11.7 Å². The first-order valence-electron chi connectivity index (χ1n) is 8.48. The van der Waals surface area contributed by atoms with Crippen molar-refractivity contribution in [1.29, 1.82) is 0 Å². The Kier molecular flexibility index (Phi) is 5.11. The molecule has 0 aliphatic heterocycles. The molecule has 0 saturated heterocycles. The lowest BCUT2D eigenvalue weighted by Crippen LogP contribution is -2.41. The summed E-state index contributed by atoms with van der Waals surface area (Å²) in [4.78, 5) is 12.3. The molecule has 1 aliphatic carbocycles. The molecule has 3 rings (SSSR count). The van der Waals surface area contributed by atoms with Crippen LogP contribution in [0.25, 0.3) is 0 Å². The molecule has 0 spiro atoms. The maximum Gasteiger partial charge on any atom is 0.319 e. The van der Waals surface area contributed by atoms with Gasteiger partial charge in [-0.25, -0.2) is 4.79 Å². The molecule has 0 fully saturated rings. The second kappa shape index (κ2) is 7.46. The third-order valence-electron chi connectivity index (χ3n) is 4.14. The number of fused-ring (bicyclic) bond motifs is 1. The summed E-state index contributed by atoms with van der Waals surface area (Å²) < 4.78 is 11.0. The number of amides is 2. The number of aromatic amines is 1. The maximum absolute atomic E-state index is 12.3. The van der Waals surface area contributed by atoms with Gasteiger partial charge in [-0.1, -0.05) is 0 Å². The zero-order valence-electron chi connectivity index (χ0n) is 14.8. The normalized spacial score (nSPS) is 16.2. The minimum Gasteiger partial charge on any atom is -0.493 e. The van der Waals surface area contributed by atoms with Crippen molar-refractivity contribution in [2.45, 2.75) is 45.3 Å². The van der Waals surface area contributed by atoms with Gasteiger partial charge in [0.1, 0.15) is 0 Å². The molecule has 1 unspecified atom stereocenters. The van der Waals surface area contributed by atoms with Gasteiger partial charge in [-0.05, 0) is 44.4 Å². The highest BCUT2D eigenvalue weighted by Crippen LogP contribution is 2.31. The summed E-state index contributed by atoms with van der Waals surface area (Å²) >= 11 is 0. The molecule has 2 aromatic rings. The van der Waals surface area contributed by atoms with Crippen LogP contribution in [0.2, 0.25) is 0 Å². The molecule has 0 saturated carbocycles. The van der Waals surface area contributed by atoms with E-state index in [0.717, 1.165) is 25.0 Å². The largest absolute Gasteiger partial charge is 0.493 e. The average Bonchev–Trinajstić information content (AvgIpc) is 3.02. The van der Waals surface area contributed by atoms with Crippen LogP contribution >= 0.6 is 0 Å². The van der Waals surface area contributed by atoms with Crippen LogP contribution in [-0.4, -0.2) is 35.5 Å². The van der Waals surface area contributed by atoms with Gasteiger partial charge in [0, 0.05) is 29.9 Å². The summed E-state index contributed by atoms with van der Waals surface area (Å²) in [5, 5.41) is 12.9. The molecule has 0 bridgehead atoms. The van der Waals surface area contributed by atoms with Crippen LogP contribution in [0, 0.1) is 0 Å². The number of hydrogen-bond donors (Lipinski definition) is 3. The van der Waals surface area contributed by atoms with Gasteiger partial charge in [0.25, 0.3) is 0 Å². The highest BCUT2D eigenvalue weighted by molar-refractivity contribution is 5.89. The summed E-state index contributed by atoms with van der Waals surface area (Å²) in [6.45, 7) is 3.89. The molecule has 1 aromatic heterocycles. The number of rotatable bonds is 5. The molecule has 1 aliphatic rings. The second-order valence-electron chi connectivity index (χ2n) is 6.44. The van der Waals surface area contributed by atoms with Crippen LogP contribution in [0.3, 0.4) is 0 Å². The van der Waals surface area contributed by atoms with Gasteiger partial charge in [0.05, 0.1) is 19.4 Å². The van der Waals surface area contributed by atoms with Crippen molar-refractivity contribution in [3.05, 3.63) is 35.7 Å². The predicted octanol–water partition coefficient (Wildman–Crippen LogP) is 2.88. The molecule has 0 radical (unpaired) electrons. The van der Waals surface area contributed by atoms with Crippen LogP contribution in [0.5, 0.6) is 11.5 Å². The van der Waals surface area contributed by atoms with Crippen molar-refractivity contribution in [2.75, 3.05) is 12.4 Å². The number of ether oxygens (including phenoxy) is 2. The quantitative estimate of drug-likeness (QED) is 0.778. The topological polar surface area (TPSA) is 88.3 Å². The van der Waals surface area contributed by atoms with Gasteiger partial charge >= 0.3 is 6.03 Å². The fraction of sp³-hybridized carbons (Fsp3) is 0.444. The average molecular weight is 344 g/mol. The minimum atomic E-state index is -0.228. The number of nitrogens with zero attached hydrogens (tertiary/aromatic N) is 1. The summed E-state index contributed by atoms with van der Waals surface area (Å²) in [6.07, 6.45) is 4.48. The molecule has 7 heteroatoms. The zero-order chi connectivity index (χ0) is 17.8. The molecule has 134 valence electrons. The number of nitrogens with one attached hydrogen (secondary N) is 3. The van der Waals surface area contributed by atoms with Crippen LogP contribution in [-0.2, 0) is 12.8 Å². The Hall–Kier alpha value is -2.70. The van der Waals surface area contributed by atoms with Crippen molar-refractivity contribution < 1.29 is 14.3 Å². The standard InChI is InChI=1S/C18H24N4O3/c1-11(2)25-17-9-14(6-7-16(17)24-3)21-18(23)20-13-5-4-12-10-19-22-15(12)8-13/h6-7,9-11,13H,4-5,8H2,1-3H3,(H,19,22)(H2,20,21,23). The van der Waals surface area contributed by atoms with E-state index in [1.165, 1.54) is 5.56 Å². The fourth-order valence-corrected chi connectivity index (χ4v) is 2.98. The number of H-pyrrole nitrogens is 1. The van der Waals surface area contributed by atoms with Crippen molar-refractivity contribution in [1.82, 2.24) is 15.5 Å². The Labute approximate surface area is 147 Å².